The number of hydrogen-bond donors (Lipinski definition) is 1. The highest BCUT2D eigenvalue weighted by Gasteiger charge is 2.30. The summed E-state index contributed by atoms with van der Waals surface area (Å²) in [6, 6.07) is 11.8. The predicted molar refractivity (Wildman–Crippen MR) is 86.4 cm³/mol. The lowest BCUT2D eigenvalue weighted by atomic mass is 10.1. The quantitative estimate of drug-likeness (QED) is 0.716. The van der Waals surface area contributed by atoms with E-state index >= 15 is 0 Å². The van der Waals surface area contributed by atoms with Crippen molar-refractivity contribution in [1.82, 2.24) is 10.1 Å². The van der Waals surface area contributed by atoms with Crippen molar-refractivity contribution in [3.05, 3.63) is 65.5 Å². The zero-order valence-electron chi connectivity index (χ0n) is 12.8. The molecule has 1 aromatic heterocycles. The molecular weight excluding hydrogens is 331 g/mol. The summed E-state index contributed by atoms with van der Waals surface area (Å²) in [7, 11) is 0. The molecule has 0 aliphatic heterocycles. The molecule has 25 heavy (non-hydrogen) atoms. The molecule has 0 aliphatic rings. The molecular formula is C18H12F3N3O. The topological polar surface area (TPSA) is 51.0 Å². The molecule has 1 heterocycles. The number of halogens is 3. The van der Waals surface area contributed by atoms with Gasteiger partial charge < -0.3 is 9.84 Å². The van der Waals surface area contributed by atoms with Crippen LogP contribution in [0.2, 0.25) is 0 Å². The van der Waals surface area contributed by atoms with Gasteiger partial charge in [-0.3, -0.25) is 0 Å². The number of aromatic nitrogens is 2. The molecule has 0 fully saturated rings. The summed E-state index contributed by atoms with van der Waals surface area (Å²) >= 11 is 0. The summed E-state index contributed by atoms with van der Waals surface area (Å²) in [6.45, 7) is 0.266. The third-order valence-corrected chi connectivity index (χ3v) is 3.41. The van der Waals surface area contributed by atoms with Crippen molar-refractivity contribution in [2.24, 2.45) is 0 Å². The summed E-state index contributed by atoms with van der Waals surface area (Å²) in [4.78, 5) is 4.17. The van der Waals surface area contributed by atoms with E-state index in [1.54, 1.807) is 12.1 Å². The predicted octanol–water partition coefficient (Wildman–Crippen LogP) is 4.35. The number of hydrogen-bond acceptors (Lipinski definition) is 4. The van der Waals surface area contributed by atoms with Crippen molar-refractivity contribution in [2.45, 2.75) is 12.7 Å². The molecule has 1 N–H and O–H groups in total. The molecule has 0 amide bonds. The van der Waals surface area contributed by atoms with Crippen LogP contribution in [0.3, 0.4) is 0 Å². The Morgan fingerprint density at radius 2 is 1.88 bits per heavy atom. The second-order valence-corrected chi connectivity index (χ2v) is 5.17. The lowest BCUT2D eigenvalue weighted by molar-refractivity contribution is -0.137. The fourth-order valence-electron chi connectivity index (χ4n) is 2.15. The fourth-order valence-corrected chi connectivity index (χ4v) is 2.15. The Kier molecular flexibility index (Phi) is 4.44. The molecule has 0 atom stereocenters. The van der Waals surface area contributed by atoms with Crippen molar-refractivity contribution in [3.63, 3.8) is 0 Å². The van der Waals surface area contributed by atoms with E-state index in [4.69, 9.17) is 10.9 Å². The summed E-state index contributed by atoms with van der Waals surface area (Å²) < 4.78 is 42.8. The van der Waals surface area contributed by atoms with Gasteiger partial charge in [0.2, 0.25) is 11.7 Å². The molecule has 126 valence electrons. The van der Waals surface area contributed by atoms with Crippen molar-refractivity contribution >= 4 is 5.69 Å². The third kappa shape index (κ3) is 3.98. The summed E-state index contributed by atoms with van der Waals surface area (Å²) in [6.07, 6.45) is 0.965. The Hall–Kier alpha value is -3.27. The summed E-state index contributed by atoms with van der Waals surface area (Å²) in [5, 5.41) is 6.87. The monoisotopic (exact) mass is 343 g/mol. The molecule has 3 rings (SSSR count). The Labute approximate surface area is 141 Å². The van der Waals surface area contributed by atoms with Crippen LogP contribution in [0.4, 0.5) is 18.9 Å². The van der Waals surface area contributed by atoms with E-state index in [0.29, 0.717) is 11.5 Å². The number of alkyl halides is 3. The number of anilines is 1. The molecule has 3 aromatic rings. The minimum absolute atomic E-state index is 0.225. The second kappa shape index (κ2) is 6.69. The standard InChI is InChI=1S/C18H12F3N3O/c1-2-12-4-3-5-15(10-12)22-11-16-23-17(24-25-16)13-6-8-14(9-7-13)18(19,20)21/h1,3-10,22H,11H2. The van der Waals surface area contributed by atoms with E-state index in [-0.39, 0.29) is 12.4 Å². The highest BCUT2D eigenvalue weighted by atomic mass is 19.4. The molecule has 4 nitrogen and oxygen atoms in total. The maximum Gasteiger partial charge on any atom is 0.416 e. The van der Waals surface area contributed by atoms with Gasteiger partial charge >= 0.3 is 6.18 Å². The molecule has 0 spiro atoms. The van der Waals surface area contributed by atoms with Crippen LogP contribution in [0.5, 0.6) is 0 Å². The molecule has 0 unspecified atom stereocenters. The van der Waals surface area contributed by atoms with Gasteiger partial charge in [-0.1, -0.05) is 29.3 Å². The molecule has 2 aromatic carbocycles. The fraction of sp³-hybridized carbons (Fsp3) is 0.111. The van der Waals surface area contributed by atoms with Crippen LogP contribution in [0.1, 0.15) is 17.0 Å². The average molecular weight is 343 g/mol. The van der Waals surface area contributed by atoms with Crippen LogP contribution < -0.4 is 5.32 Å². The van der Waals surface area contributed by atoms with Gasteiger partial charge in [0.25, 0.3) is 0 Å². The van der Waals surface area contributed by atoms with E-state index in [1.807, 2.05) is 12.1 Å². The molecule has 0 bridgehead atoms. The Bertz CT molecular complexity index is 908. The van der Waals surface area contributed by atoms with Gasteiger partial charge in [0.15, 0.2) is 0 Å². The number of rotatable bonds is 4. The SMILES string of the molecule is C#Cc1cccc(NCc2nc(-c3ccc(C(F)(F)F)cc3)no2)c1. The minimum Gasteiger partial charge on any atom is -0.376 e. The Balaban J connectivity index is 1.69. The Morgan fingerprint density at radius 1 is 1.12 bits per heavy atom. The van der Waals surface area contributed by atoms with Crippen molar-refractivity contribution in [2.75, 3.05) is 5.32 Å². The smallest absolute Gasteiger partial charge is 0.376 e. The van der Waals surface area contributed by atoms with Gasteiger partial charge in [-0.25, -0.2) is 0 Å². The van der Waals surface area contributed by atoms with E-state index in [9.17, 15) is 13.2 Å². The highest BCUT2D eigenvalue weighted by molar-refractivity contribution is 5.55. The third-order valence-electron chi connectivity index (χ3n) is 3.41. The maximum absolute atomic E-state index is 12.6. The number of benzene rings is 2. The zero-order chi connectivity index (χ0) is 17.9. The lowest BCUT2D eigenvalue weighted by Gasteiger charge is -2.05. The van der Waals surface area contributed by atoms with E-state index < -0.39 is 11.7 Å². The van der Waals surface area contributed by atoms with Crippen LogP contribution in [0.25, 0.3) is 11.4 Å². The van der Waals surface area contributed by atoms with E-state index in [2.05, 4.69) is 21.4 Å². The minimum atomic E-state index is -4.38. The number of nitrogens with zero attached hydrogens (tertiary/aromatic N) is 2. The Morgan fingerprint density at radius 3 is 2.56 bits per heavy atom. The second-order valence-electron chi connectivity index (χ2n) is 5.17. The molecule has 7 heteroatoms. The van der Waals surface area contributed by atoms with Gasteiger partial charge in [-0.05, 0) is 30.3 Å². The number of terminal acetylenes is 1. The van der Waals surface area contributed by atoms with Gasteiger partial charge in [0.05, 0.1) is 12.1 Å². The molecule has 0 aliphatic carbocycles. The van der Waals surface area contributed by atoms with Crippen LogP contribution in [0, 0.1) is 12.3 Å². The normalized spacial score (nSPS) is 11.1. The van der Waals surface area contributed by atoms with Crippen LogP contribution >= 0.6 is 0 Å². The van der Waals surface area contributed by atoms with E-state index in [1.165, 1.54) is 12.1 Å². The van der Waals surface area contributed by atoms with Gasteiger partial charge in [0.1, 0.15) is 0 Å². The lowest BCUT2D eigenvalue weighted by Crippen LogP contribution is -2.04. The first-order valence-electron chi connectivity index (χ1n) is 7.26. The first-order valence-corrected chi connectivity index (χ1v) is 7.26. The van der Waals surface area contributed by atoms with Crippen LogP contribution in [0.15, 0.2) is 53.1 Å². The largest absolute Gasteiger partial charge is 0.416 e. The van der Waals surface area contributed by atoms with E-state index in [0.717, 1.165) is 23.4 Å². The first kappa shape index (κ1) is 16.6. The van der Waals surface area contributed by atoms with Gasteiger partial charge in [0, 0.05) is 16.8 Å². The van der Waals surface area contributed by atoms with Crippen molar-refractivity contribution < 1.29 is 17.7 Å². The summed E-state index contributed by atoms with van der Waals surface area (Å²) in [5.41, 5.74) is 1.25. The molecule has 0 saturated carbocycles. The number of nitrogens with one attached hydrogen (secondary N) is 1. The van der Waals surface area contributed by atoms with Crippen LogP contribution in [-0.2, 0) is 12.7 Å². The van der Waals surface area contributed by atoms with Gasteiger partial charge in [-0.2, -0.15) is 18.2 Å². The van der Waals surface area contributed by atoms with Crippen molar-refractivity contribution in [1.29, 1.82) is 0 Å². The summed E-state index contributed by atoms with van der Waals surface area (Å²) in [5.74, 6) is 3.07. The highest BCUT2D eigenvalue weighted by Crippen LogP contribution is 2.30. The zero-order valence-corrected chi connectivity index (χ0v) is 12.8. The van der Waals surface area contributed by atoms with Crippen LogP contribution in [-0.4, -0.2) is 10.1 Å². The molecule has 0 saturated heterocycles. The van der Waals surface area contributed by atoms with Gasteiger partial charge in [-0.15, -0.1) is 6.42 Å². The molecule has 0 radical (unpaired) electrons. The van der Waals surface area contributed by atoms with Crippen molar-refractivity contribution in [3.8, 4) is 23.7 Å². The average Bonchev–Trinajstić information content (AvgIpc) is 3.08. The maximum atomic E-state index is 12.6. The first-order chi connectivity index (χ1) is 12.0.